The molecule has 45 heavy (non-hydrogen) atoms. The molecule has 1 atom stereocenters. The molecule has 0 saturated carbocycles. The van der Waals surface area contributed by atoms with Crippen molar-refractivity contribution in [3.63, 3.8) is 0 Å². The van der Waals surface area contributed by atoms with Gasteiger partial charge in [-0.1, -0.05) is 84.9 Å². The summed E-state index contributed by atoms with van der Waals surface area (Å²) in [6.07, 6.45) is 1.39. The highest BCUT2D eigenvalue weighted by atomic mass is 16.5. The highest BCUT2D eigenvalue weighted by molar-refractivity contribution is 5.64. The molecule has 0 spiro atoms. The van der Waals surface area contributed by atoms with E-state index >= 15 is 0 Å². The van der Waals surface area contributed by atoms with Crippen LogP contribution in [0.15, 0.2) is 103 Å². The number of carbonyl (C=O) groups is 1. The Morgan fingerprint density at radius 2 is 1.40 bits per heavy atom. The number of benzene rings is 4. The van der Waals surface area contributed by atoms with Gasteiger partial charge >= 0.3 is 6.09 Å². The van der Waals surface area contributed by atoms with Crippen molar-refractivity contribution in [1.82, 2.24) is 10.2 Å². The van der Waals surface area contributed by atoms with Crippen molar-refractivity contribution in [2.75, 3.05) is 19.7 Å². The second kappa shape index (κ2) is 17.3. The van der Waals surface area contributed by atoms with Gasteiger partial charge < -0.3 is 19.9 Å². The molecule has 0 saturated heterocycles. The maximum absolute atomic E-state index is 10.7. The SMILES string of the molecule is CC(C)N(CC[C@H](c1ccccc1)c1cc(CCOc2ccc(CCNC(=O)O)cc2)ccc1OCc1ccccc1)C(C)C. The molecule has 0 aromatic heterocycles. The molecular formula is C39H48N2O4. The molecule has 0 aliphatic rings. The van der Waals surface area contributed by atoms with Gasteiger partial charge in [0.05, 0.1) is 6.61 Å². The average molecular weight is 609 g/mol. The third kappa shape index (κ3) is 10.7. The molecule has 4 aromatic rings. The minimum atomic E-state index is -1.00. The molecule has 0 heterocycles. The molecule has 2 N–H and O–H groups in total. The zero-order valence-electron chi connectivity index (χ0n) is 27.1. The first-order chi connectivity index (χ1) is 21.8. The minimum absolute atomic E-state index is 0.181. The summed E-state index contributed by atoms with van der Waals surface area (Å²) in [5.41, 5.74) is 5.92. The molecule has 238 valence electrons. The standard InChI is InChI=1S/C39H48N2O4/c1-29(2)41(30(3)4)25-22-36(34-13-9-6-10-14-34)37-27-32(17-20-38(37)45-28-33-11-7-5-8-12-33)23-26-44-35-18-15-31(16-19-35)21-24-40-39(42)43/h5-20,27,29-30,36,40H,21-26,28H2,1-4H3,(H,42,43)/t36-/m1/s1. The van der Waals surface area contributed by atoms with Crippen LogP contribution in [0.5, 0.6) is 11.5 Å². The van der Waals surface area contributed by atoms with Crippen molar-refractivity contribution in [1.29, 1.82) is 0 Å². The third-order valence-electron chi connectivity index (χ3n) is 8.16. The van der Waals surface area contributed by atoms with Gasteiger partial charge in [0, 0.05) is 36.5 Å². The van der Waals surface area contributed by atoms with E-state index in [4.69, 9.17) is 14.6 Å². The Morgan fingerprint density at radius 3 is 2.04 bits per heavy atom. The molecule has 6 nitrogen and oxygen atoms in total. The van der Waals surface area contributed by atoms with Crippen molar-refractivity contribution in [3.05, 3.63) is 131 Å². The van der Waals surface area contributed by atoms with Crippen molar-refractivity contribution in [2.24, 2.45) is 0 Å². The second-order valence-corrected chi connectivity index (χ2v) is 12.0. The average Bonchev–Trinajstić information content (AvgIpc) is 3.03. The van der Waals surface area contributed by atoms with Crippen LogP contribution in [0.3, 0.4) is 0 Å². The zero-order valence-corrected chi connectivity index (χ0v) is 27.1. The summed E-state index contributed by atoms with van der Waals surface area (Å²) < 4.78 is 12.6. The summed E-state index contributed by atoms with van der Waals surface area (Å²) >= 11 is 0. The zero-order chi connectivity index (χ0) is 32.0. The molecule has 0 bridgehead atoms. The Bertz CT molecular complexity index is 1430. The van der Waals surface area contributed by atoms with E-state index in [1.807, 2.05) is 42.5 Å². The van der Waals surface area contributed by atoms with E-state index in [1.165, 1.54) is 16.7 Å². The number of hydrogen-bond acceptors (Lipinski definition) is 4. The first-order valence-electron chi connectivity index (χ1n) is 16.1. The van der Waals surface area contributed by atoms with Gasteiger partial charge in [0.25, 0.3) is 0 Å². The largest absolute Gasteiger partial charge is 0.493 e. The monoisotopic (exact) mass is 608 g/mol. The predicted octanol–water partition coefficient (Wildman–Crippen LogP) is 8.34. The summed E-state index contributed by atoms with van der Waals surface area (Å²) in [4.78, 5) is 13.2. The van der Waals surface area contributed by atoms with Crippen LogP contribution in [-0.4, -0.2) is 47.9 Å². The van der Waals surface area contributed by atoms with Crippen LogP contribution in [0.25, 0.3) is 0 Å². The predicted molar refractivity (Wildman–Crippen MR) is 182 cm³/mol. The molecule has 0 fully saturated rings. The molecule has 0 aliphatic heterocycles. The summed E-state index contributed by atoms with van der Waals surface area (Å²) in [5.74, 6) is 1.91. The summed E-state index contributed by atoms with van der Waals surface area (Å²) in [7, 11) is 0. The molecule has 4 rings (SSSR count). The van der Waals surface area contributed by atoms with Crippen LogP contribution in [0.2, 0.25) is 0 Å². The lowest BCUT2D eigenvalue weighted by Crippen LogP contribution is -2.38. The normalized spacial score (nSPS) is 12.0. The van der Waals surface area contributed by atoms with Crippen LogP contribution < -0.4 is 14.8 Å². The van der Waals surface area contributed by atoms with E-state index in [0.29, 0.717) is 38.3 Å². The number of nitrogens with one attached hydrogen (secondary N) is 1. The van der Waals surface area contributed by atoms with E-state index in [-0.39, 0.29) is 5.92 Å². The topological polar surface area (TPSA) is 71.0 Å². The molecule has 0 aliphatic carbocycles. The number of ether oxygens (including phenoxy) is 2. The van der Waals surface area contributed by atoms with E-state index < -0.39 is 6.09 Å². The Kier molecular flexibility index (Phi) is 12.9. The van der Waals surface area contributed by atoms with E-state index in [9.17, 15) is 4.79 Å². The van der Waals surface area contributed by atoms with Gasteiger partial charge in [-0.2, -0.15) is 0 Å². The maximum Gasteiger partial charge on any atom is 0.404 e. The highest BCUT2D eigenvalue weighted by Gasteiger charge is 2.22. The number of nitrogens with zero attached hydrogens (tertiary/aromatic N) is 1. The van der Waals surface area contributed by atoms with Crippen molar-refractivity contribution in [3.8, 4) is 11.5 Å². The molecule has 4 aromatic carbocycles. The molecular weight excluding hydrogens is 560 g/mol. The fourth-order valence-corrected chi connectivity index (χ4v) is 5.82. The molecule has 6 heteroatoms. The Hall–Kier alpha value is -4.29. The third-order valence-corrected chi connectivity index (χ3v) is 8.16. The fourth-order valence-electron chi connectivity index (χ4n) is 5.82. The van der Waals surface area contributed by atoms with Crippen molar-refractivity contribution >= 4 is 6.09 Å². The number of amides is 1. The van der Waals surface area contributed by atoms with Crippen molar-refractivity contribution < 1.29 is 19.4 Å². The summed E-state index contributed by atoms with van der Waals surface area (Å²) in [6.45, 7) is 11.5. The van der Waals surface area contributed by atoms with Gasteiger partial charge in [-0.3, -0.25) is 4.90 Å². The van der Waals surface area contributed by atoms with E-state index in [2.05, 4.69) is 98.6 Å². The lowest BCUT2D eigenvalue weighted by molar-refractivity contribution is 0.170. The van der Waals surface area contributed by atoms with Gasteiger partial charge in [-0.05, 0) is 87.5 Å². The van der Waals surface area contributed by atoms with Crippen LogP contribution in [0, 0.1) is 0 Å². The Labute approximate surface area is 269 Å². The lowest BCUT2D eigenvalue weighted by atomic mass is 9.86. The van der Waals surface area contributed by atoms with Crippen LogP contribution >= 0.6 is 0 Å². The van der Waals surface area contributed by atoms with Gasteiger partial charge in [-0.25, -0.2) is 4.79 Å². The minimum Gasteiger partial charge on any atom is -0.493 e. The van der Waals surface area contributed by atoms with E-state index in [1.54, 1.807) is 0 Å². The smallest absolute Gasteiger partial charge is 0.404 e. The van der Waals surface area contributed by atoms with Gasteiger partial charge in [0.2, 0.25) is 0 Å². The first-order valence-corrected chi connectivity index (χ1v) is 16.1. The molecule has 0 unspecified atom stereocenters. The lowest BCUT2D eigenvalue weighted by Gasteiger charge is -2.32. The Morgan fingerprint density at radius 1 is 0.756 bits per heavy atom. The van der Waals surface area contributed by atoms with Gasteiger partial charge in [0.1, 0.15) is 18.1 Å². The molecule has 0 radical (unpaired) electrons. The van der Waals surface area contributed by atoms with E-state index in [0.717, 1.165) is 42.0 Å². The van der Waals surface area contributed by atoms with Crippen LogP contribution in [-0.2, 0) is 19.4 Å². The molecule has 1 amide bonds. The summed E-state index contributed by atoms with van der Waals surface area (Å²) in [6, 6.07) is 36.5. The van der Waals surface area contributed by atoms with Crippen molar-refractivity contribution in [2.45, 2.75) is 71.6 Å². The van der Waals surface area contributed by atoms with Crippen LogP contribution in [0.1, 0.15) is 67.9 Å². The number of rotatable bonds is 17. The fraction of sp³-hybridized carbons (Fsp3) is 0.359. The number of hydrogen-bond donors (Lipinski definition) is 2. The number of carboxylic acid groups (broad SMARTS) is 1. The van der Waals surface area contributed by atoms with Gasteiger partial charge in [-0.15, -0.1) is 0 Å². The second-order valence-electron chi connectivity index (χ2n) is 12.0. The highest BCUT2D eigenvalue weighted by Crippen LogP contribution is 2.36. The maximum atomic E-state index is 10.7. The van der Waals surface area contributed by atoms with Gasteiger partial charge in [0.15, 0.2) is 0 Å². The summed E-state index contributed by atoms with van der Waals surface area (Å²) in [5, 5.41) is 11.2. The van der Waals surface area contributed by atoms with Crippen LogP contribution in [0.4, 0.5) is 4.79 Å². The quantitative estimate of drug-likeness (QED) is 0.126. The Balaban J connectivity index is 1.53. The first kappa shape index (κ1) is 33.6.